The second-order valence-electron chi connectivity index (χ2n) is 6.63. The topological polar surface area (TPSA) is 90.3 Å². The summed E-state index contributed by atoms with van der Waals surface area (Å²) < 4.78 is 6.38. The van der Waals surface area contributed by atoms with Crippen molar-refractivity contribution < 1.29 is 14.3 Å². The van der Waals surface area contributed by atoms with E-state index in [2.05, 4.69) is 10.3 Å². The van der Waals surface area contributed by atoms with Crippen LogP contribution >= 0.6 is 11.3 Å². The predicted molar refractivity (Wildman–Crippen MR) is 109 cm³/mol. The SMILES string of the molecule is Cc1ccc(NC(=O)[C@@H](C)OC(=O)Cn2cnc3sc(C)c(C)c3c2=O)cc1. The van der Waals surface area contributed by atoms with Crippen LogP contribution in [0.15, 0.2) is 35.4 Å². The summed E-state index contributed by atoms with van der Waals surface area (Å²) in [5, 5.41) is 3.20. The Morgan fingerprint density at radius 3 is 2.57 bits per heavy atom. The highest BCUT2D eigenvalue weighted by atomic mass is 32.1. The highest BCUT2D eigenvalue weighted by Gasteiger charge is 2.19. The molecule has 8 heteroatoms. The van der Waals surface area contributed by atoms with Gasteiger partial charge in [-0.05, 0) is 45.4 Å². The van der Waals surface area contributed by atoms with Gasteiger partial charge in [0.25, 0.3) is 11.5 Å². The summed E-state index contributed by atoms with van der Waals surface area (Å²) in [5.41, 5.74) is 2.27. The van der Waals surface area contributed by atoms with Crippen LogP contribution in [0.1, 0.15) is 22.9 Å². The molecule has 0 spiro atoms. The largest absolute Gasteiger partial charge is 0.451 e. The van der Waals surface area contributed by atoms with Crippen molar-refractivity contribution >= 4 is 39.1 Å². The van der Waals surface area contributed by atoms with E-state index in [-0.39, 0.29) is 12.1 Å². The Bertz CT molecular complexity index is 1100. The third-order valence-corrected chi connectivity index (χ3v) is 5.57. The number of anilines is 1. The summed E-state index contributed by atoms with van der Waals surface area (Å²) in [4.78, 5) is 43.0. The maximum atomic E-state index is 12.6. The van der Waals surface area contributed by atoms with Crippen LogP contribution in [-0.2, 0) is 20.9 Å². The Hall–Kier alpha value is -3.00. The molecule has 0 saturated carbocycles. The number of nitrogens with one attached hydrogen (secondary N) is 1. The van der Waals surface area contributed by atoms with E-state index in [4.69, 9.17) is 4.74 Å². The number of fused-ring (bicyclic) bond motifs is 1. The zero-order valence-corrected chi connectivity index (χ0v) is 16.9. The van der Waals surface area contributed by atoms with Gasteiger partial charge in [0.1, 0.15) is 11.4 Å². The molecule has 3 aromatic rings. The Morgan fingerprint density at radius 2 is 1.89 bits per heavy atom. The fourth-order valence-corrected chi connectivity index (χ4v) is 3.68. The van der Waals surface area contributed by atoms with Crippen LogP contribution in [0.4, 0.5) is 5.69 Å². The first-order chi connectivity index (χ1) is 13.3. The Kier molecular flexibility index (Phi) is 5.60. The number of carbonyl (C=O) groups is 2. The fourth-order valence-electron chi connectivity index (χ4n) is 2.69. The van der Waals surface area contributed by atoms with Crippen molar-refractivity contribution in [3.05, 3.63) is 57.0 Å². The van der Waals surface area contributed by atoms with E-state index in [1.807, 2.05) is 32.9 Å². The minimum absolute atomic E-state index is 0.291. The zero-order chi connectivity index (χ0) is 20.4. The summed E-state index contributed by atoms with van der Waals surface area (Å²) in [6, 6.07) is 7.28. The first-order valence-electron chi connectivity index (χ1n) is 8.78. The quantitative estimate of drug-likeness (QED) is 0.666. The Labute approximate surface area is 166 Å². The zero-order valence-electron chi connectivity index (χ0n) is 16.1. The first kappa shape index (κ1) is 19.8. The second kappa shape index (κ2) is 7.93. The molecule has 1 amide bonds. The number of esters is 1. The molecule has 0 bridgehead atoms. The Morgan fingerprint density at radius 1 is 1.21 bits per heavy atom. The summed E-state index contributed by atoms with van der Waals surface area (Å²) in [5.74, 6) is -1.12. The monoisotopic (exact) mass is 399 g/mol. The number of aryl methyl sites for hydroxylation is 3. The van der Waals surface area contributed by atoms with Crippen molar-refractivity contribution in [2.45, 2.75) is 40.3 Å². The summed E-state index contributed by atoms with van der Waals surface area (Å²) >= 11 is 1.44. The number of hydrogen-bond acceptors (Lipinski definition) is 6. The van der Waals surface area contributed by atoms with Gasteiger partial charge in [0.15, 0.2) is 6.10 Å². The lowest BCUT2D eigenvalue weighted by atomic mass is 10.2. The van der Waals surface area contributed by atoms with Gasteiger partial charge in [-0.25, -0.2) is 4.98 Å². The van der Waals surface area contributed by atoms with Crippen LogP contribution in [0.2, 0.25) is 0 Å². The smallest absolute Gasteiger partial charge is 0.326 e. The highest BCUT2D eigenvalue weighted by molar-refractivity contribution is 7.18. The van der Waals surface area contributed by atoms with Crippen LogP contribution in [0, 0.1) is 20.8 Å². The molecule has 1 atom stereocenters. The molecule has 0 fully saturated rings. The molecule has 2 aromatic heterocycles. The number of ether oxygens (including phenoxy) is 1. The lowest BCUT2D eigenvalue weighted by Crippen LogP contribution is -2.33. The van der Waals surface area contributed by atoms with E-state index in [1.165, 1.54) is 29.2 Å². The van der Waals surface area contributed by atoms with Crippen molar-refractivity contribution in [1.82, 2.24) is 9.55 Å². The van der Waals surface area contributed by atoms with Crippen molar-refractivity contribution in [1.29, 1.82) is 0 Å². The van der Waals surface area contributed by atoms with Crippen molar-refractivity contribution in [3.8, 4) is 0 Å². The number of amides is 1. The van der Waals surface area contributed by atoms with Gasteiger partial charge in [-0.1, -0.05) is 17.7 Å². The van der Waals surface area contributed by atoms with Gasteiger partial charge in [-0.3, -0.25) is 19.0 Å². The molecule has 146 valence electrons. The van der Waals surface area contributed by atoms with Gasteiger partial charge in [0.05, 0.1) is 11.7 Å². The molecule has 1 N–H and O–H groups in total. The number of nitrogens with zero attached hydrogens (tertiary/aromatic N) is 2. The number of hydrogen-bond donors (Lipinski definition) is 1. The van der Waals surface area contributed by atoms with Gasteiger partial charge in [0.2, 0.25) is 0 Å². The van der Waals surface area contributed by atoms with Crippen molar-refractivity contribution in [2.75, 3.05) is 5.32 Å². The maximum absolute atomic E-state index is 12.6. The number of thiophene rings is 1. The van der Waals surface area contributed by atoms with Crippen LogP contribution in [0.5, 0.6) is 0 Å². The van der Waals surface area contributed by atoms with Crippen LogP contribution in [0.3, 0.4) is 0 Å². The minimum Gasteiger partial charge on any atom is -0.451 e. The molecule has 0 unspecified atom stereocenters. The number of aromatic nitrogens is 2. The van der Waals surface area contributed by atoms with E-state index in [9.17, 15) is 14.4 Å². The van der Waals surface area contributed by atoms with Crippen molar-refractivity contribution in [3.63, 3.8) is 0 Å². The normalized spacial score (nSPS) is 12.0. The van der Waals surface area contributed by atoms with E-state index in [1.54, 1.807) is 12.1 Å². The predicted octanol–water partition coefficient (Wildman–Crippen LogP) is 2.95. The van der Waals surface area contributed by atoms with Gasteiger partial charge in [-0.15, -0.1) is 11.3 Å². The van der Waals surface area contributed by atoms with Crippen LogP contribution in [-0.4, -0.2) is 27.5 Å². The fraction of sp³-hybridized carbons (Fsp3) is 0.300. The van der Waals surface area contributed by atoms with Gasteiger partial charge < -0.3 is 10.1 Å². The molecule has 7 nitrogen and oxygen atoms in total. The lowest BCUT2D eigenvalue weighted by Gasteiger charge is -2.14. The van der Waals surface area contributed by atoms with E-state index in [0.29, 0.717) is 15.9 Å². The molecule has 0 aliphatic heterocycles. The average molecular weight is 399 g/mol. The first-order valence-corrected chi connectivity index (χ1v) is 9.60. The summed E-state index contributed by atoms with van der Waals surface area (Å²) in [6.45, 7) is 6.91. The van der Waals surface area contributed by atoms with E-state index >= 15 is 0 Å². The minimum atomic E-state index is -0.994. The summed E-state index contributed by atoms with van der Waals surface area (Å²) in [6.07, 6.45) is 0.338. The third kappa shape index (κ3) is 4.12. The number of carbonyl (C=O) groups excluding carboxylic acids is 2. The molecule has 28 heavy (non-hydrogen) atoms. The van der Waals surface area contributed by atoms with Gasteiger partial charge >= 0.3 is 5.97 Å². The molecule has 1 aromatic carbocycles. The van der Waals surface area contributed by atoms with Crippen molar-refractivity contribution in [2.24, 2.45) is 0 Å². The molecule has 0 radical (unpaired) electrons. The van der Waals surface area contributed by atoms with E-state index < -0.39 is 18.0 Å². The average Bonchev–Trinajstić information content (AvgIpc) is 2.94. The number of rotatable bonds is 5. The molecule has 0 aliphatic rings. The highest BCUT2D eigenvalue weighted by Crippen LogP contribution is 2.25. The molecule has 0 saturated heterocycles. The van der Waals surface area contributed by atoms with E-state index in [0.717, 1.165) is 16.0 Å². The molecule has 0 aliphatic carbocycles. The van der Waals surface area contributed by atoms with Crippen LogP contribution < -0.4 is 10.9 Å². The third-order valence-electron chi connectivity index (χ3n) is 4.45. The lowest BCUT2D eigenvalue weighted by molar-refractivity contribution is -0.153. The molecule has 3 rings (SSSR count). The Balaban J connectivity index is 1.66. The number of benzene rings is 1. The molecular formula is C20H21N3O4S. The van der Waals surface area contributed by atoms with Gasteiger partial charge in [-0.2, -0.15) is 0 Å². The summed E-state index contributed by atoms with van der Waals surface area (Å²) in [7, 11) is 0. The standard InChI is InChI=1S/C20H21N3O4S/c1-11-5-7-15(8-6-11)22-18(25)13(3)27-16(24)9-23-10-21-19-17(20(23)26)12(2)14(4)28-19/h5-8,10,13H,9H2,1-4H3,(H,22,25)/t13-/m1/s1. The maximum Gasteiger partial charge on any atom is 0.326 e. The van der Waals surface area contributed by atoms with Gasteiger partial charge in [0, 0.05) is 10.6 Å². The molecular weight excluding hydrogens is 378 g/mol. The second-order valence-corrected chi connectivity index (χ2v) is 7.83. The molecule has 2 heterocycles. The van der Waals surface area contributed by atoms with Crippen LogP contribution in [0.25, 0.3) is 10.2 Å².